The van der Waals surface area contributed by atoms with Gasteiger partial charge in [0.15, 0.2) is 0 Å². The maximum atomic E-state index is 12.3. The topological polar surface area (TPSA) is 112 Å². The van der Waals surface area contributed by atoms with Crippen LogP contribution in [0.25, 0.3) is 0 Å². The zero-order valence-corrected chi connectivity index (χ0v) is 18.0. The van der Waals surface area contributed by atoms with Crippen molar-refractivity contribution >= 4 is 23.9 Å². The van der Waals surface area contributed by atoms with Crippen LogP contribution in [-0.2, 0) is 38.1 Å². The molecule has 1 rings (SSSR count). The Kier molecular flexibility index (Phi) is 11.0. The number of nitrogens with zero attached hydrogens (tertiary/aromatic N) is 2. The number of piperazine rings is 1. The fourth-order valence-electron chi connectivity index (χ4n) is 2.75. The van der Waals surface area contributed by atoms with E-state index in [9.17, 15) is 19.2 Å². The summed E-state index contributed by atoms with van der Waals surface area (Å²) in [7, 11) is 0. The van der Waals surface area contributed by atoms with Crippen molar-refractivity contribution in [1.29, 1.82) is 0 Å². The van der Waals surface area contributed by atoms with Gasteiger partial charge in [0.2, 0.25) is 0 Å². The summed E-state index contributed by atoms with van der Waals surface area (Å²) in [4.78, 5) is 51.7. The van der Waals surface area contributed by atoms with E-state index in [-0.39, 0.29) is 37.8 Å². The number of carbonyl (C=O) groups excluding carboxylic acids is 4. The Morgan fingerprint density at radius 2 is 0.900 bits per heavy atom. The first-order valence-corrected chi connectivity index (χ1v) is 9.98. The molecule has 0 aromatic heterocycles. The molecule has 1 fully saturated rings. The molecular weight excluding hydrogens is 396 g/mol. The van der Waals surface area contributed by atoms with Gasteiger partial charge in [0.1, 0.15) is 11.4 Å². The highest BCUT2D eigenvalue weighted by atomic mass is 16.5. The molecule has 0 radical (unpaired) electrons. The summed E-state index contributed by atoms with van der Waals surface area (Å²) in [5, 5.41) is 0. The van der Waals surface area contributed by atoms with Crippen molar-refractivity contribution < 1.29 is 38.1 Å². The molecule has 0 amide bonds. The Morgan fingerprint density at radius 1 is 0.600 bits per heavy atom. The quantitative estimate of drug-likeness (QED) is 0.280. The lowest BCUT2D eigenvalue weighted by molar-refractivity contribution is -0.143. The fourth-order valence-corrected chi connectivity index (χ4v) is 2.75. The number of hydrogen-bond acceptors (Lipinski definition) is 10. The number of rotatable bonds is 10. The molecule has 168 valence electrons. The Morgan fingerprint density at radius 3 is 1.17 bits per heavy atom. The van der Waals surface area contributed by atoms with E-state index in [1.165, 1.54) is 0 Å². The maximum absolute atomic E-state index is 12.3. The Hall–Kier alpha value is -3.04. The van der Waals surface area contributed by atoms with Crippen molar-refractivity contribution in [3.05, 3.63) is 23.5 Å². The second kappa shape index (κ2) is 13.2. The minimum atomic E-state index is -0.641. The first kappa shape index (κ1) is 25.0. The second-order valence-corrected chi connectivity index (χ2v) is 5.98. The van der Waals surface area contributed by atoms with Gasteiger partial charge in [-0.15, -0.1) is 0 Å². The molecule has 0 N–H and O–H groups in total. The lowest BCUT2D eigenvalue weighted by Crippen LogP contribution is -2.48. The van der Waals surface area contributed by atoms with Crippen LogP contribution in [0.1, 0.15) is 27.7 Å². The highest BCUT2D eigenvalue weighted by Crippen LogP contribution is 2.16. The number of carbonyl (C=O) groups is 4. The van der Waals surface area contributed by atoms with Crippen LogP contribution in [0.3, 0.4) is 0 Å². The molecule has 0 bridgehead atoms. The molecule has 30 heavy (non-hydrogen) atoms. The van der Waals surface area contributed by atoms with E-state index >= 15 is 0 Å². The van der Waals surface area contributed by atoms with Gasteiger partial charge in [-0.25, -0.2) is 19.2 Å². The molecule has 1 saturated heterocycles. The van der Waals surface area contributed by atoms with E-state index in [1.54, 1.807) is 37.5 Å². The zero-order chi connectivity index (χ0) is 22.5. The predicted molar refractivity (Wildman–Crippen MR) is 106 cm³/mol. The molecule has 0 aliphatic carbocycles. The fraction of sp³-hybridized carbons (Fsp3) is 0.600. The molecule has 1 aliphatic rings. The smallest absolute Gasteiger partial charge is 0.354 e. The van der Waals surface area contributed by atoms with Crippen LogP contribution < -0.4 is 0 Å². The van der Waals surface area contributed by atoms with Gasteiger partial charge in [-0.05, 0) is 27.7 Å². The van der Waals surface area contributed by atoms with Crippen molar-refractivity contribution in [2.75, 3.05) is 52.6 Å². The molecule has 0 saturated carbocycles. The number of ether oxygens (including phenoxy) is 4. The van der Waals surface area contributed by atoms with E-state index in [0.717, 1.165) is 12.2 Å². The minimum Gasteiger partial charge on any atom is -0.463 e. The van der Waals surface area contributed by atoms with Crippen LogP contribution in [0.5, 0.6) is 0 Å². The van der Waals surface area contributed by atoms with E-state index in [2.05, 4.69) is 0 Å². The summed E-state index contributed by atoms with van der Waals surface area (Å²) >= 11 is 0. The first-order valence-electron chi connectivity index (χ1n) is 9.98. The molecular formula is C20H30N2O8. The van der Waals surface area contributed by atoms with Crippen LogP contribution in [0.15, 0.2) is 23.5 Å². The van der Waals surface area contributed by atoms with E-state index < -0.39 is 23.9 Å². The number of esters is 4. The van der Waals surface area contributed by atoms with Crippen molar-refractivity contribution in [3.8, 4) is 0 Å². The van der Waals surface area contributed by atoms with Crippen LogP contribution in [0.2, 0.25) is 0 Å². The third-order valence-electron chi connectivity index (χ3n) is 4.01. The summed E-state index contributed by atoms with van der Waals surface area (Å²) in [5.41, 5.74) is 0.170. The minimum absolute atomic E-state index is 0.0852. The van der Waals surface area contributed by atoms with Gasteiger partial charge in [-0.1, -0.05) is 0 Å². The highest BCUT2D eigenvalue weighted by Gasteiger charge is 2.29. The van der Waals surface area contributed by atoms with Crippen molar-refractivity contribution in [3.63, 3.8) is 0 Å². The molecule has 0 aromatic rings. The molecule has 0 spiro atoms. The maximum Gasteiger partial charge on any atom is 0.354 e. The van der Waals surface area contributed by atoms with Crippen molar-refractivity contribution in [2.45, 2.75) is 27.7 Å². The lowest BCUT2D eigenvalue weighted by Gasteiger charge is -2.37. The standard InChI is InChI=1S/C20H30N2O8/c1-5-27-17(23)13-15(19(25)29-7-3)21-9-11-22(12-10-21)16(20(26)30-8-4)14-18(24)28-6-2/h13-14H,5-12H2,1-4H3/b15-13+,16-14+. The summed E-state index contributed by atoms with van der Waals surface area (Å²) in [6.07, 6.45) is 2.22. The van der Waals surface area contributed by atoms with Crippen molar-refractivity contribution in [1.82, 2.24) is 9.80 Å². The summed E-state index contributed by atoms with van der Waals surface area (Å²) in [5.74, 6) is -2.55. The molecule has 1 heterocycles. The molecule has 0 atom stereocenters. The summed E-state index contributed by atoms with van der Waals surface area (Å²) in [6, 6.07) is 0. The first-order chi connectivity index (χ1) is 14.4. The molecule has 0 unspecified atom stereocenters. The molecule has 0 aromatic carbocycles. The summed E-state index contributed by atoms with van der Waals surface area (Å²) < 4.78 is 19.9. The average Bonchev–Trinajstić information content (AvgIpc) is 2.71. The molecule has 1 aliphatic heterocycles. The normalized spacial score (nSPS) is 14.8. The molecule has 10 heteroatoms. The Labute approximate surface area is 176 Å². The van der Waals surface area contributed by atoms with Gasteiger partial charge in [-0.3, -0.25) is 0 Å². The van der Waals surface area contributed by atoms with Crippen LogP contribution >= 0.6 is 0 Å². The van der Waals surface area contributed by atoms with Gasteiger partial charge in [0, 0.05) is 26.2 Å². The third kappa shape index (κ3) is 7.76. The number of hydrogen-bond donors (Lipinski definition) is 0. The average molecular weight is 426 g/mol. The zero-order valence-electron chi connectivity index (χ0n) is 18.0. The van der Waals surface area contributed by atoms with Gasteiger partial charge in [0.25, 0.3) is 0 Å². The van der Waals surface area contributed by atoms with E-state index in [1.807, 2.05) is 0 Å². The van der Waals surface area contributed by atoms with Gasteiger partial charge >= 0.3 is 23.9 Å². The SMILES string of the molecule is CCOC(=O)/C=C(\C(=O)OCC)N1CCN(/C(=C/C(=O)OCC)C(=O)OCC)CC1. The highest BCUT2D eigenvalue weighted by molar-refractivity contribution is 5.96. The van der Waals surface area contributed by atoms with Gasteiger partial charge < -0.3 is 28.7 Å². The molecule has 10 nitrogen and oxygen atoms in total. The van der Waals surface area contributed by atoms with Gasteiger partial charge in [-0.2, -0.15) is 0 Å². The summed E-state index contributed by atoms with van der Waals surface area (Å²) in [6.45, 7) is 8.60. The van der Waals surface area contributed by atoms with Crippen LogP contribution in [-0.4, -0.2) is 86.3 Å². The second-order valence-electron chi connectivity index (χ2n) is 5.98. The van der Waals surface area contributed by atoms with E-state index in [4.69, 9.17) is 18.9 Å². The lowest BCUT2D eigenvalue weighted by atomic mass is 10.2. The monoisotopic (exact) mass is 426 g/mol. The van der Waals surface area contributed by atoms with Gasteiger partial charge in [0.05, 0.1) is 38.6 Å². The Bertz CT molecular complexity index is 620. The third-order valence-corrected chi connectivity index (χ3v) is 4.01. The van der Waals surface area contributed by atoms with Crippen LogP contribution in [0, 0.1) is 0 Å². The predicted octanol–water partition coefficient (Wildman–Crippen LogP) is 0.624. The largest absolute Gasteiger partial charge is 0.463 e. The van der Waals surface area contributed by atoms with Crippen LogP contribution in [0.4, 0.5) is 0 Å². The van der Waals surface area contributed by atoms with E-state index in [0.29, 0.717) is 26.2 Å². The Balaban J connectivity index is 2.99. The van der Waals surface area contributed by atoms with Crippen molar-refractivity contribution in [2.24, 2.45) is 0 Å².